The normalized spacial score (nSPS) is 27.4. The highest BCUT2D eigenvalue weighted by Gasteiger charge is 2.43. The summed E-state index contributed by atoms with van der Waals surface area (Å²) < 4.78 is 17.2. The number of nitrogens with zero attached hydrogens (tertiary/aromatic N) is 2. The summed E-state index contributed by atoms with van der Waals surface area (Å²) in [5.41, 5.74) is 0.581. The van der Waals surface area contributed by atoms with Gasteiger partial charge in [0.2, 0.25) is 0 Å². The third-order valence-corrected chi connectivity index (χ3v) is 6.61. The molecular weight excluding hydrogens is 372 g/mol. The lowest BCUT2D eigenvalue weighted by Gasteiger charge is -2.40. The number of allylic oxidation sites excluding steroid dienone is 1. The fourth-order valence-electron chi connectivity index (χ4n) is 4.63. The number of morpholine rings is 1. The van der Waals surface area contributed by atoms with Gasteiger partial charge in [0.1, 0.15) is 17.6 Å². The first-order valence-electron chi connectivity index (χ1n) is 11.1. The van der Waals surface area contributed by atoms with E-state index in [4.69, 9.17) is 14.2 Å². The largest absolute Gasteiger partial charge is 0.460 e. The second kappa shape index (κ2) is 9.94. The Labute approximate surface area is 174 Å². The van der Waals surface area contributed by atoms with E-state index in [1.807, 2.05) is 11.8 Å². The minimum absolute atomic E-state index is 0.233. The summed E-state index contributed by atoms with van der Waals surface area (Å²) in [4.78, 5) is 29.8. The number of rotatable bonds is 7. The number of hydrogen-bond acceptors (Lipinski definition) is 7. The molecule has 0 aromatic rings. The number of carbonyl (C=O) groups is 2. The van der Waals surface area contributed by atoms with E-state index < -0.39 is 12.0 Å². The Balaban J connectivity index is 1.64. The molecule has 3 rings (SSSR count). The highest BCUT2D eigenvalue weighted by Crippen LogP contribution is 2.37. The summed E-state index contributed by atoms with van der Waals surface area (Å²) in [6, 6.07) is 0. The lowest BCUT2D eigenvalue weighted by atomic mass is 9.92. The summed E-state index contributed by atoms with van der Waals surface area (Å²) in [5, 5.41) is 0. The van der Waals surface area contributed by atoms with Crippen LogP contribution < -0.4 is 0 Å². The van der Waals surface area contributed by atoms with Crippen molar-refractivity contribution in [1.82, 2.24) is 9.80 Å². The molecule has 0 aromatic carbocycles. The second-order valence-electron chi connectivity index (χ2n) is 8.66. The van der Waals surface area contributed by atoms with E-state index in [9.17, 15) is 9.59 Å². The fourth-order valence-corrected chi connectivity index (χ4v) is 4.63. The first kappa shape index (κ1) is 22.1. The van der Waals surface area contributed by atoms with Gasteiger partial charge >= 0.3 is 11.9 Å². The Kier molecular flexibility index (Phi) is 7.57. The molecule has 29 heavy (non-hydrogen) atoms. The van der Waals surface area contributed by atoms with Crippen molar-refractivity contribution in [2.75, 3.05) is 45.9 Å². The lowest BCUT2D eigenvalue weighted by molar-refractivity contribution is -0.177. The van der Waals surface area contributed by atoms with Gasteiger partial charge in [0.25, 0.3) is 0 Å². The van der Waals surface area contributed by atoms with Crippen LogP contribution >= 0.6 is 0 Å². The first-order valence-corrected chi connectivity index (χ1v) is 11.1. The highest BCUT2D eigenvalue weighted by molar-refractivity contribution is 5.76. The minimum atomic E-state index is -0.474. The maximum Gasteiger partial charge on any atom is 0.320 e. The van der Waals surface area contributed by atoms with Crippen molar-refractivity contribution in [2.45, 2.75) is 64.1 Å². The molecule has 0 spiro atoms. The van der Waals surface area contributed by atoms with Crippen molar-refractivity contribution in [3.8, 4) is 0 Å². The van der Waals surface area contributed by atoms with Crippen LogP contribution in [0.15, 0.2) is 12.3 Å². The fraction of sp³-hybridized carbons (Fsp3) is 0.818. The van der Waals surface area contributed by atoms with E-state index in [1.165, 1.54) is 0 Å². The van der Waals surface area contributed by atoms with E-state index in [0.717, 1.165) is 57.4 Å². The Morgan fingerprint density at radius 2 is 1.86 bits per heavy atom. The maximum absolute atomic E-state index is 13.2. The third-order valence-electron chi connectivity index (χ3n) is 6.61. The van der Waals surface area contributed by atoms with Gasteiger partial charge in [0.05, 0.1) is 19.8 Å². The summed E-state index contributed by atoms with van der Waals surface area (Å²) >= 11 is 0. The number of carbonyl (C=O) groups excluding carboxylic acids is 2. The molecule has 3 fully saturated rings. The van der Waals surface area contributed by atoms with Crippen LogP contribution in [0, 0.1) is 5.92 Å². The summed E-state index contributed by atoms with van der Waals surface area (Å²) in [6.07, 6.45) is 5.05. The van der Waals surface area contributed by atoms with Crippen LogP contribution in [-0.4, -0.2) is 79.4 Å². The van der Waals surface area contributed by atoms with Gasteiger partial charge < -0.3 is 19.1 Å². The lowest BCUT2D eigenvalue weighted by Crippen LogP contribution is -2.50. The Hall–Kier alpha value is -1.60. The zero-order valence-corrected chi connectivity index (χ0v) is 18.0. The third kappa shape index (κ3) is 5.72. The van der Waals surface area contributed by atoms with Gasteiger partial charge in [0.15, 0.2) is 0 Å². The molecule has 7 heteroatoms. The molecule has 0 radical (unpaired) electrons. The van der Waals surface area contributed by atoms with E-state index in [1.54, 1.807) is 0 Å². The molecule has 164 valence electrons. The van der Waals surface area contributed by atoms with Gasteiger partial charge in [-0.25, -0.2) is 0 Å². The van der Waals surface area contributed by atoms with Crippen LogP contribution in [0.25, 0.3) is 0 Å². The van der Waals surface area contributed by atoms with Crippen LogP contribution in [0.5, 0.6) is 0 Å². The Morgan fingerprint density at radius 3 is 2.48 bits per heavy atom. The van der Waals surface area contributed by atoms with E-state index in [-0.39, 0.29) is 24.1 Å². The number of likely N-dealkylation sites (tertiary alicyclic amines) is 1. The predicted molar refractivity (Wildman–Crippen MR) is 109 cm³/mol. The van der Waals surface area contributed by atoms with Crippen LogP contribution in [0.1, 0.15) is 52.4 Å². The van der Waals surface area contributed by atoms with Gasteiger partial charge in [-0.2, -0.15) is 0 Å². The molecule has 2 heterocycles. The van der Waals surface area contributed by atoms with E-state index >= 15 is 0 Å². The highest BCUT2D eigenvalue weighted by atomic mass is 16.6. The molecule has 0 amide bonds. The molecule has 0 aromatic heterocycles. The Morgan fingerprint density at radius 1 is 1.17 bits per heavy atom. The van der Waals surface area contributed by atoms with E-state index in [0.29, 0.717) is 26.2 Å². The molecule has 2 saturated heterocycles. The minimum Gasteiger partial charge on any atom is -0.460 e. The van der Waals surface area contributed by atoms with Crippen LogP contribution in [-0.2, 0) is 23.8 Å². The van der Waals surface area contributed by atoms with Crippen molar-refractivity contribution in [2.24, 2.45) is 5.92 Å². The molecule has 1 saturated carbocycles. The number of piperidine rings is 1. The SMILES string of the molecule is C=C(C)N1CCC(OC(=O)CN2CCOCC2)C(C(=O)OC2(CC)CCCC2)C1. The van der Waals surface area contributed by atoms with E-state index in [2.05, 4.69) is 18.4 Å². The molecule has 3 aliphatic rings. The molecule has 2 unspecified atom stereocenters. The van der Waals surface area contributed by atoms with Crippen molar-refractivity contribution in [1.29, 1.82) is 0 Å². The molecule has 0 N–H and O–H groups in total. The van der Waals surface area contributed by atoms with Gasteiger partial charge in [-0.1, -0.05) is 13.5 Å². The van der Waals surface area contributed by atoms with Gasteiger partial charge in [-0.05, 0) is 39.0 Å². The first-order chi connectivity index (χ1) is 13.9. The monoisotopic (exact) mass is 408 g/mol. The van der Waals surface area contributed by atoms with Crippen LogP contribution in [0.4, 0.5) is 0 Å². The van der Waals surface area contributed by atoms with Crippen molar-refractivity contribution >= 4 is 11.9 Å². The molecule has 0 bridgehead atoms. The molecular formula is C22H36N2O5. The zero-order valence-electron chi connectivity index (χ0n) is 18.0. The molecule has 1 aliphatic carbocycles. The topological polar surface area (TPSA) is 68.3 Å². The summed E-state index contributed by atoms with van der Waals surface area (Å²) in [7, 11) is 0. The number of hydrogen-bond donors (Lipinski definition) is 0. The van der Waals surface area contributed by atoms with Crippen molar-refractivity contribution < 1.29 is 23.8 Å². The number of ether oxygens (including phenoxy) is 3. The Bertz CT molecular complexity index is 596. The average Bonchev–Trinajstić information content (AvgIpc) is 3.17. The summed E-state index contributed by atoms with van der Waals surface area (Å²) in [5.74, 6) is -0.980. The summed E-state index contributed by atoms with van der Waals surface area (Å²) in [6.45, 7) is 12.2. The van der Waals surface area contributed by atoms with Crippen molar-refractivity contribution in [3.63, 3.8) is 0 Å². The van der Waals surface area contributed by atoms with Gasteiger partial charge in [0, 0.05) is 38.3 Å². The predicted octanol–water partition coefficient (Wildman–Crippen LogP) is 2.35. The average molecular weight is 409 g/mol. The molecule has 2 atom stereocenters. The molecule has 7 nitrogen and oxygen atoms in total. The van der Waals surface area contributed by atoms with Crippen molar-refractivity contribution in [3.05, 3.63) is 12.3 Å². The van der Waals surface area contributed by atoms with Gasteiger partial charge in [-0.15, -0.1) is 0 Å². The second-order valence-corrected chi connectivity index (χ2v) is 8.66. The standard InChI is InChI=1S/C22H36N2O5/c1-4-22(8-5-6-9-22)29-21(26)18-15-24(17(2)3)10-7-19(18)28-20(25)16-23-11-13-27-14-12-23/h18-19H,2,4-16H2,1,3H3. The molecule has 2 aliphatic heterocycles. The smallest absolute Gasteiger partial charge is 0.320 e. The van der Waals surface area contributed by atoms with Crippen LogP contribution in [0.2, 0.25) is 0 Å². The maximum atomic E-state index is 13.2. The van der Waals surface area contributed by atoms with Crippen LogP contribution in [0.3, 0.4) is 0 Å². The van der Waals surface area contributed by atoms with Gasteiger partial charge in [-0.3, -0.25) is 14.5 Å². The zero-order chi connectivity index (χ0) is 20.9. The quantitative estimate of drug-likeness (QED) is 0.599. The number of esters is 2.